The third kappa shape index (κ3) is 7.46. The number of phenolic OH excluding ortho intramolecular Hbond substituents is 1. The Balaban J connectivity index is 0.00000171. The van der Waals surface area contributed by atoms with Crippen molar-refractivity contribution in [3.63, 3.8) is 0 Å². The Labute approximate surface area is 173 Å². The Hall–Kier alpha value is -1.55. The second kappa shape index (κ2) is 14.4. The monoisotopic (exact) mass is 392 g/mol. The highest BCUT2D eigenvalue weighted by molar-refractivity contribution is 5.97. The molecule has 1 aliphatic heterocycles. The van der Waals surface area contributed by atoms with Crippen LogP contribution in [0, 0.1) is 6.92 Å². The normalized spacial score (nSPS) is 15.2. The van der Waals surface area contributed by atoms with Gasteiger partial charge in [0.05, 0.1) is 5.56 Å². The first-order valence-corrected chi connectivity index (χ1v) is 11.3. The lowest BCUT2D eigenvalue weighted by atomic mass is 9.99. The van der Waals surface area contributed by atoms with E-state index in [0.717, 1.165) is 44.5 Å². The summed E-state index contributed by atoms with van der Waals surface area (Å²) in [6, 6.07) is 6.44. The van der Waals surface area contributed by atoms with Gasteiger partial charge in [-0.3, -0.25) is 9.69 Å². The van der Waals surface area contributed by atoms with Gasteiger partial charge in [-0.05, 0) is 63.8 Å². The summed E-state index contributed by atoms with van der Waals surface area (Å²) in [5.41, 5.74) is 1.39. The molecule has 1 amide bonds. The van der Waals surface area contributed by atoms with Crippen LogP contribution in [0.25, 0.3) is 0 Å². The van der Waals surface area contributed by atoms with Crippen LogP contribution in [0.2, 0.25) is 0 Å². The number of benzene rings is 1. The fourth-order valence-corrected chi connectivity index (χ4v) is 3.65. The van der Waals surface area contributed by atoms with E-state index in [1.807, 2.05) is 45.6 Å². The van der Waals surface area contributed by atoms with Gasteiger partial charge in [-0.15, -0.1) is 0 Å². The van der Waals surface area contributed by atoms with Crippen molar-refractivity contribution in [1.29, 1.82) is 0 Å². The largest absolute Gasteiger partial charge is 0.507 e. The third-order valence-corrected chi connectivity index (χ3v) is 5.24. The molecule has 1 heterocycles. The number of hydrogen-bond acceptors (Lipinski definition) is 3. The third-order valence-electron chi connectivity index (χ3n) is 5.24. The van der Waals surface area contributed by atoms with Gasteiger partial charge < -0.3 is 10.0 Å². The summed E-state index contributed by atoms with van der Waals surface area (Å²) in [6.07, 6.45) is 4.36. The van der Waals surface area contributed by atoms with Crippen molar-refractivity contribution in [3.8, 4) is 5.75 Å². The quantitative estimate of drug-likeness (QED) is 0.658. The summed E-state index contributed by atoms with van der Waals surface area (Å²) in [4.78, 5) is 17.2. The molecule has 1 saturated heterocycles. The minimum Gasteiger partial charge on any atom is -0.507 e. The maximum Gasteiger partial charge on any atom is 0.257 e. The van der Waals surface area contributed by atoms with Crippen molar-refractivity contribution in [2.75, 3.05) is 19.6 Å². The van der Waals surface area contributed by atoms with E-state index in [2.05, 4.69) is 25.7 Å². The van der Waals surface area contributed by atoms with Crippen molar-refractivity contribution in [2.45, 2.75) is 93.2 Å². The SMILES string of the molecule is CC.CC.CCCN(C(C)CC)C1CCN(C(=O)c2ccc(C)cc2O)CC1. The Kier molecular flexibility index (Phi) is 13.6. The highest BCUT2D eigenvalue weighted by atomic mass is 16.3. The Morgan fingerprint density at radius 2 is 1.75 bits per heavy atom. The van der Waals surface area contributed by atoms with Crippen LogP contribution in [-0.4, -0.2) is 52.5 Å². The molecule has 1 aromatic rings. The fraction of sp³-hybridized carbons (Fsp3) is 0.708. The number of rotatable bonds is 6. The predicted molar refractivity (Wildman–Crippen MR) is 121 cm³/mol. The summed E-state index contributed by atoms with van der Waals surface area (Å²) in [6.45, 7) is 19.4. The summed E-state index contributed by atoms with van der Waals surface area (Å²) in [5, 5.41) is 10.1. The number of carbonyl (C=O) groups excluding carboxylic acids is 1. The minimum absolute atomic E-state index is 0.0449. The molecule has 4 nitrogen and oxygen atoms in total. The van der Waals surface area contributed by atoms with Crippen LogP contribution in [0.1, 0.15) is 90.1 Å². The Morgan fingerprint density at radius 1 is 1.18 bits per heavy atom. The van der Waals surface area contributed by atoms with Crippen molar-refractivity contribution in [1.82, 2.24) is 9.80 Å². The molecule has 1 aromatic carbocycles. The molecule has 0 spiro atoms. The van der Waals surface area contributed by atoms with E-state index >= 15 is 0 Å². The van der Waals surface area contributed by atoms with Crippen molar-refractivity contribution in [3.05, 3.63) is 29.3 Å². The van der Waals surface area contributed by atoms with Gasteiger partial charge in [-0.2, -0.15) is 0 Å². The zero-order valence-corrected chi connectivity index (χ0v) is 19.6. The average Bonchev–Trinajstić information content (AvgIpc) is 2.74. The van der Waals surface area contributed by atoms with Gasteiger partial charge in [0.25, 0.3) is 5.91 Å². The molecule has 4 heteroatoms. The molecule has 28 heavy (non-hydrogen) atoms. The van der Waals surface area contributed by atoms with Gasteiger partial charge in [-0.1, -0.05) is 47.6 Å². The van der Waals surface area contributed by atoms with Gasteiger partial charge in [-0.25, -0.2) is 0 Å². The van der Waals surface area contributed by atoms with E-state index in [4.69, 9.17) is 0 Å². The number of likely N-dealkylation sites (tertiary alicyclic amines) is 1. The number of amides is 1. The number of carbonyl (C=O) groups is 1. The van der Waals surface area contributed by atoms with Crippen molar-refractivity contribution >= 4 is 5.91 Å². The lowest BCUT2D eigenvalue weighted by molar-refractivity contribution is 0.0543. The second-order valence-electron chi connectivity index (χ2n) is 7.04. The van der Waals surface area contributed by atoms with E-state index in [1.165, 1.54) is 6.42 Å². The maximum absolute atomic E-state index is 12.7. The standard InChI is InChI=1S/C20H32N2O2.2C2H6/c1-5-11-22(16(4)6-2)17-9-12-21(13-10-17)20(24)18-8-7-15(3)14-19(18)23;2*1-2/h7-8,14,16-17,23H,5-6,9-13H2,1-4H3;2*1-2H3. The highest BCUT2D eigenvalue weighted by Gasteiger charge is 2.29. The molecule has 0 aromatic heterocycles. The lowest BCUT2D eigenvalue weighted by Gasteiger charge is -2.41. The van der Waals surface area contributed by atoms with E-state index < -0.39 is 0 Å². The van der Waals surface area contributed by atoms with Crippen LogP contribution < -0.4 is 0 Å². The molecular weight excluding hydrogens is 348 g/mol. The molecule has 1 unspecified atom stereocenters. The van der Waals surface area contributed by atoms with Gasteiger partial charge >= 0.3 is 0 Å². The molecule has 162 valence electrons. The zero-order valence-electron chi connectivity index (χ0n) is 19.6. The van der Waals surface area contributed by atoms with Crippen molar-refractivity contribution in [2.24, 2.45) is 0 Å². The average molecular weight is 393 g/mol. The molecule has 0 radical (unpaired) electrons. The van der Waals surface area contributed by atoms with Gasteiger partial charge in [0, 0.05) is 25.2 Å². The molecule has 1 N–H and O–H groups in total. The number of piperidine rings is 1. The number of nitrogens with zero attached hydrogens (tertiary/aromatic N) is 2. The molecule has 1 aliphatic rings. The van der Waals surface area contributed by atoms with E-state index in [1.54, 1.807) is 12.1 Å². The first-order chi connectivity index (χ1) is 13.5. The zero-order chi connectivity index (χ0) is 21.7. The van der Waals surface area contributed by atoms with E-state index in [0.29, 0.717) is 17.6 Å². The number of aryl methyl sites for hydroxylation is 1. The Bertz CT molecular complexity index is 552. The number of aromatic hydroxyl groups is 1. The summed E-state index contributed by atoms with van der Waals surface area (Å²) in [7, 11) is 0. The summed E-state index contributed by atoms with van der Waals surface area (Å²) in [5.74, 6) is 0.0471. The summed E-state index contributed by atoms with van der Waals surface area (Å²) < 4.78 is 0. The van der Waals surface area contributed by atoms with E-state index in [9.17, 15) is 9.90 Å². The molecule has 1 atom stereocenters. The van der Waals surface area contributed by atoms with Crippen LogP contribution in [0.5, 0.6) is 5.75 Å². The van der Waals surface area contributed by atoms with Crippen LogP contribution in [0.3, 0.4) is 0 Å². The van der Waals surface area contributed by atoms with Crippen LogP contribution in [-0.2, 0) is 0 Å². The predicted octanol–water partition coefficient (Wildman–Crippen LogP) is 5.87. The van der Waals surface area contributed by atoms with Crippen molar-refractivity contribution < 1.29 is 9.90 Å². The maximum atomic E-state index is 12.7. The molecule has 0 bridgehead atoms. The molecule has 0 aliphatic carbocycles. The highest BCUT2D eigenvalue weighted by Crippen LogP contribution is 2.25. The topological polar surface area (TPSA) is 43.8 Å². The summed E-state index contributed by atoms with van der Waals surface area (Å²) >= 11 is 0. The van der Waals surface area contributed by atoms with Crippen LogP contribution in [0.15, 0.2) is 18.2 Å². The van der Waals surface area contributed by atoms with Crippen LogP contribution >= 0.6 is 0 Å². The first-order valence-electron chi connectivity index (χ1n) is 11.3. The lowest BCUT2D eigenvalue weighted by Crippen LogP contribution is -2.49. The number of phenols is 1. The van der Waals surface area contributed by atoms with E-state index in [-0.39, 0.29) is 11.7 Å². The Morgan fingerprint density at radius 3 is 2.21 bits per heavy atom. The smallest absolute Gasteiger partial charge is 0.257 e. The first kappa shape index (κ1) is 26.4. The van der Waals surface area contributed by atoms with Gasteiger partial charge in [0.1, 0.15) is 5.75 Å². The molecule has 2 rings (SSSR count). The van der Waals surface area contributed by atoms with Crippen LogP contribution in [0.4, 0.5) is 0 Å². The fourth-order valence-electron chi connectivity index (χ4n) is 3.65. The second-order valence-corrected chi connectivity index (χ2v) is 7.04. The molecular formula is C24H44N2O2. The number of hydrogen-bond donors (Lipinski definition) is 1. The van der Waals surface area contributed by atoms with Gasteiger partial charge in [0.15, 0.2) is 0 Å². The molecule has 0 saturated carbocycles. The molecule has 1 fully saturated rings. The van der Waals surface area contributed by atoms with Gasteiger partial charge in [0.2, 0.25) is 0 Å². The minimum atomic E-state index is -0.0449.